The molecule has 11 heavy (non-hydrogen) atoms. The topological polar surface area (TPSA) is 17.1 Å². The Hall–Kier alpha value is -0.850. The van der Waals surface area contributed by atoms with Crippen LogP contribution in [-0.4, -0.2) is 5.78 Å². The summed E-state index contributed by atoms with van der Waals surface area (Å²) in [5, 5.41) is 0. The molecule has 1 fully saturated rings. The van der Waals surface area contributed by atoms with Crippen LogP contribution in [0.5, 0.6) is 0 Å². The SMILES string of the molecule is C=CCC1(C=C)CCCC1=O. The molecule has 0 aromatic rings. The fourth-order valence-corrected chi connectivity index (χ4v) is 1.73. The van der Waals surface area contributed by atoms with Crippen molar-refractivity contribution in [1.29, 1.82) is 0 Å². The summed E-state index contributed by atoms with van der Waals surface area (Å²) in [6, 6.07) is 0. The van der Waals surface area contributed by atoms with Gasteiger partial charge < -0.3 is 0 Å². The largest absolute Gasteiger partial charge is 0.299 e. The van der Waals surface area contributed by atoms with Gasteiger partial charge in [0.25, 0.3) is 0 Å². The van der Waals surface area contributed by atoms with Crippen LogP contribution in [0.3, 0.4) is 0 Å². The monoisotopic (exact) mass is 150 g/mol. The van der Waals surface area contributed by atoms with E-state index < -0.39 is 0 Å². The molecule has 0 aromatic carbocycles. The van der Waals surface area contributed by atoms with Gasteiger partial charge in [-0.3, -0.25) is 4.79 Å². The van der Waals surface area contributed by atoms with Gasteiger partial charge in [0.05, 0.1) is 5.41 Å². The predicted molar refractivity (Wildman–Crippen MR) is 46.3 cm³/mol. The average Bonchev–Trinajstić information content (AvgIpc) is 2.35. The number of carbonyl (C=O) groups is 1. The molecule has 0 N–H and O–H groups in total. The van der Waals surface area contributed by atoms with Crippen LogP contribution in [0.4, 0.5) is 0 Å². The summed E-state index contributed by atoms with van der Waals surface area (Å²) in [6.07, 6.45) is 7.06. The summed E-state index contributed by atoms with van der Waals surface area (Å²) in [5.41, 5.74) is -0.248. The molecule has 1 atom stereocenters. The van der Waals surface area contributed by atoms with Crippen LogP contribution in [0.25, 0.3) is 0 Å². The van der Waals surface area contributed by atoms with Gasteiger partial charge in [-0.2, -0.15) is 0 Å². The first-order chi connectivity index (χ1) is 5.25. The molecule has 1 heteroatoms. The first kappa shape index (κ1) is 8.25. The Kier molecular flexibility index (Phi) is 2.28. The quantitative estimate of drug-likeness (QED) is 0.565. The highest BCUT2D eigenvalue weighted by Gasteiger charge is 2.37. The van der Waals surface area contributed by atoms with Crippen molar-refractivity contribution in [3.63, 3.8) is 0 Å². The zero-order valence-corrected chi connectivity index (χ0v) is 6.81. The number of hydrogen-bond acceptors (Lipinski definition) is 1. The minimum atomic E-state index is -0.248. The molecule has 0 aromatic heterocycles. The van der Waals surface area contributed by atoms with Gasteiger partial charge in [0, 0.05) is 6.42 Å². The van der Waals surface area contributed by atoms with Crippen molar-refractivity contribution in [1.82, 2.24) is 0 Å². The van der Waals surface area contributed by atoms with E-state index >= 15 is 0 Å². The van der Waals surface area contributed by atoms with Crippen LogP contribution in [0.1, 0.15) is 25.7 Å². The standard InChI is InChI=1S/C10H14O/c1-3-7-10(4-2)8-5-6-9(10)11/h3-4H,1-2,5-8H2. The highest BCUT2D eigenvalue weighted by molar-refractivity contribution is 5.88. The molecule has 0 saturated heterocycles. The molecular formula is C10H14O. The Morgan fingerprint density at radius 2 is 2.27 bits per heavy atom. The normalized spacial score (nSPS) is 30.4. The molecule has 1 unspecified atom stereocenters. The van der Waals surface area contributed by atoms with Gasteiger partial charge in [-0.1, -0.05) is 12.2 Å². The van der Waals surface area contributed by atoms with Gasteiger partial charge in [-0.25, -0.2) is 0 Å². The molecule has 0 heterocycles. The van der Waals surface area contributed by atoms with Crippen LogP contribution in [0.15, 0.2) is 25.3 Å². The lowest BCUT2D eigenvalue weighted by atomic mass is 9.82. The van der Waals surface area contributed by atoms with E-state index in [-0.39, 0.29) is 5.41 Å². The maximum atomic E-state index is 11.4. The second-order valence-electron chi connectivity index (χ2n) is 3.13. The molecule has 0 spiro atoms. The van der Waals surface area contributed by atoms with E-state index in [1.165, 1.54) is 0 Å². The molecule has 1 aliphatic carbocycles. The summed E-state index contributed by atoms with van der Waals surface area (Å²) in [7, 11) is 0. The van der Waals surface area contributed by atoms with Crippen LogP contribution < -0.4 is 0 Å². The van der Waals surface area contributed by atoms with Crippen molar-refractivity contribution in [2.24, 2.45) is 5.41 Å². The van der Waals surface area contributed by atoms with Crippen molar-refractivity contribution in [2.75, 3.05) is 0 Å². The average molecular weight is 150 g/mol. The number of hydrogen-bond donors (Lipinski definition) is 0. The van der Waals surface area contributed by atoms with Gasteiger partial charge in [0.2, 0.25) is 0 Å². The Bertz CT molecular complexity index is 193. The number of ketones is 1. The van der Waals surface area contributed by atoms with Gasteiger partial charge in [-0.15, -0.1) is 13.2 Å². The van der Waals surface area contributed by atoms with Crippen LogP contribution in [0.2, 0.25) is 0 Å². The minimum absolute atomic E-state index is 0.248. The van der Waals surface area contributed by atoms with Crippen LogP contribution in [-0.2, 0) is 4.79 Å². The third-order valence-corrected chi connectivity index (χ3v) is 2.48. The first-order valence-electron chi connectivity index (χ1n) is 4.03. The Morgan fingerprint density at radius 1 is 1.55 bits per heavy atom. The molecule has 1 nitrogen and oxygen atoms in total. The maximum absolute atomic E-state index is 11.4. The highest BCUT2D eigenvalue weighted by atomic mass is 16.1. The molecular weight excluding hydrogens is 136 g/mol. The third kappa shape index (κ3) is 1.28. The fourth-order valence-electron chi connectivity index (χ4n) is 1.73. The summed E-state index contributed by atoms with van der Waals surface area (Å²) in [4.78, 5) is 11.4. The number of carbonyl (C=O) groups excluding carboxylic acids is 1. The smallest absolute Gasteiger partial charge is 0.143 e. The molecule has 1 aliphatic rings. The summed E-state index contributed by atoms with van der Waals surface area (Å²) >= 11 is 0. The number of allylic oxidation sites excluding steroid dienone is 2. The third-order valence-electron chi connectivity index (χ3n) is 2.48. The second-order valence-corrected chi connectivity index (χ2v) is 3.13. The number of Topliss-reactive ketones (excluding diaryl/α,β-unsaturated/α-hetero) is 1. The highest BCUT2D eigenvalue weighted by Crippen LogP contribution is 2.39. The van der Waals surface area contributed by atoms with Gasteiger partial charge in [-0.05, 0) is 19.3 Å². The Balaban J connectivity index is 2.80. The van der Waals surface area contributed by atoms with Gasteiger partial charge >= 0.3 is 0 Å². The predicted octanol–water partition coefficient (Wildman–Crippen LogP) is 2.49. The molecule has 0 radical (unpaired) electrons. The van der Waals surface area contributed by atoms with Gasteiger partial charge in [0.15, 0.2) is 0 Å². The molecule has 1 saturated carbocycles. The fraction of sp³-hybridized carbons (Fsp3) is 0.500. The lowest BCUT2D eigenvalue weighted by Crippen LogP contribution is -2.21. The van der Waals surface area contributed by atoms with E-state index in [1.54, 1.807) is 6.08 Å². The Labute approximate surface area is 67.8 Å². The lowest BCUT2D eigenvalue weighted by Gasteiger charge is -2.20. The lowest BCUT2D eigenvalue weighted by molar-refractivity contribution is -0.123. The summed E-state index contributed by atoms with van der Waals surface area (Å²) < 4.78 is 0. The molecule has 1 rings (SSSR count). The van der Waals surface area contributed by atoms with E-state index in [9.17, 15) is 4.79 Å². The van der Waals surface area contributed by atoms with E-state index in [0.717, 1.165) is 25.7 Å². The van der Waals surface area contributed by atoms with Crippen molar-refractivity contribution >= 4 is 5.78 Å². The second kappa shape index (κ2) is 3.04. The van der Waals surface area contributed by atoms with E-state index in [1.807, 2.05) is 6.08 Å². The van der Waals surface area contributed by atoms with Crippen LogP contribution in [0, 0.1) is 5.41 Å². The van der Waals surface area contributed by atoms with Crippen LogP contribution >= 0.6 is 0 Å². The van der Waals surface area contributed by atoms with E-state index in [0.29, 0.717) is 5.78 Å². The van der Waals surface area contributed by atoms with Crippen molar-refractivity contribution < 1.29 is 4.79 Å². The molecule has 0 amide bonds. The minimum Gasteiger partial charge on any atom is -0.299 e. The van der Waals surface area contributed by atoms with Crippen molar-refractivity contribution in [2.45, 2.75) is 25.7 Å². The molecule has 0 bridgehead atoms. The zero-order chi connectivity index (χ0) is 8.32. The first-order valence-corrected chi connectivity index (χ1v) is 4.03. The van der Waals surface area contributed by atoms with Crippen molar-refractivity contribution in [3.05, 3.63) is 25.3 Å². The summed E-state index contributed by atoms with van der Waals surface area (Å²) in [5.74, 6) is 0.340. The van der Waals surface area contributed by atoms with Gasteiger partial charge in [0.1, 0.15) is 5.78 Å². The van der Waals surface area contributed by atoms with E-state index in [2.05, 4.69) is 13.2 Å². The molecule has 0 aliphatic heterocycles. The molecule has 60 valence electrons. The number of rotatable bonds is 3. The van der Waals surface area contributed by atoms with Crippen molar-refractivity contribution in [3.8, 4) is 0 Å². The Morgan fingerprint density at radius 3 is 2.64 bits per heavy atom. The zero-order valence-electron chi connectivity index (χ0n) is 6.81. The maximum Gasteiger partial charge on any atom is 0.143 e. The van der Waals surface area contributed by atoms with E-state index in [4.69, 9.17) is 0 Å². The summed E-state index contributed by atoms with van der Waals surface area (Å²) in [6.45, 7) is 7.37.